The summed E-state index contributed by atoms with van der Waals surface area (Å²) < 4.78 is 0. The topological polar surface area (TPSA) is 3.24 Å². The Balaban J connectivity index is 2.07. The van der Waals surface area contributed by atoms with Crippen molar-refractivity contribution in [3.63, 3.8) is 0 Å². The Morgan fingerprint density at radius 2 is 2.12 bits per heavy atom. The summed E-state index contributed by atoms with van der Waals surface area (Å²) in [4.78, 5) is 2.55. The molecule has 0 saturated heterocycles. The SMILES string of the molecule is CC1Cc2ccccc2N(CCCCS)C1. The van der Waals surface area contributed by atoms with Crippen LogP contribution in [-0.2, 0) is 6.42 Å². The van der Waals surface area contributed by atoms with Gasteiger partial charge in [0, 0.05) is 18.8 Å². The Labute approximate surface area is 104 Å². The average molecular weight is 235 g/mol. The Morgan fingerprint density at radius 3 is 2.94 bits per heavy atom. The van der Waals surface area contributed by atoms with Gasteiger partial charge in [-0.3, -0.25) is 0 Å². The fraction of sp³-hybridized carbons (Fsp3) is 0.571. The molecule has 2 rings (SSSR count). The lowest BCUT2D eigenvalue weighted by atomic mass is 9.94. The van der Waals surface area contributed by atoms with Crippen LogP contribution in [0.3, 0.4) is 0 Å². The maximum absolute atomic E-state index is 4.27. The molecule has 1 atom stereocenters. The normalized spacial score (nSPS) is 19.6. The average Bonchev–Trinajstić information content (AvgIpc) is 2.29. The molecule has 0 radical (unpaired) electrons. The van der Waals surface area contributed by atoms with Gasteiger partial charge in [-0.1, -0.05) is 25.1 Å². The van der Waals surface area contributed by atoms with Crippen molar-refractivity contribution in [1.82, 2.24) is 0 Å². The maximum Gasteiger partial charge on any atom is 0.0398 e. The van der Waals surface area contributed by atoms with Gasteiger partial charge in [-0.25, -0.2) is 0 Å². The summed E-state index contributed by atoms with van der Waals surface area (Å²) in [5.74, 6) is 1.79. The summed E-state index contributed by atoms with van der Waals surface area (Å²) in [7, 11) is 0. The van der Waals surface area contributed by atoms with E-state index in [2.05, 4.69) is 48.7 Å². The van der Waals surface area contributed by atoms with Gasteiger partial charge < -0.3 is 4.90 Å². The molecule has 0 bridgehead atoms. The van der Waals surface area contributed by atoms with Crippen LogP contribution in [0.15, 0.2) is 24.3 Å². The molecule has 1 heterocycles. The molecule has 1 nitrogen and oxygen atoms in total. The number of fused-ring (bicyclic) bond motifs is 1. The first-order chi connectivity index (χ1) is 7.81. The molecule has 1 aromatic rings. The number of nitrogens with zero attached hydrogens (tertiary/aromatic N) is 1. The highest BCUT2D eigenvalue weighted by Gasteiger charge is 2.20. The minimum absolute atomic E-state index is 0.783. The van der Waals surface area contributed by atoms with Crippen molar-refractivity contribution in [2.45, 2.75) is 26.2 Å². The van der Waals surface area contributed by atoms with Crippen LogP contribution < -0.4 is 4.90 Å². The monoisotopic (exact) mass is 235 g/mol. The number of anilines is 1. The molecule has 1 aliphatic heterocycles. The maximum atomic E-state index is 4.27. The number of unbranched alkanes of at least 4 members (excludes halogenated alkanes) is 1. The molecule has 1 unspecified atom stereocenters. The molecular weight excluding hydrogens is 214 g/mol. The van der Waals surface area contributed by atoms with E-state index in [4.69, 9.17) is 0 Å². The van der Waals surface area contributed by atoms with E-state index in [1.54, 1.807) is 0 Å². The third-order valence-corrected chi connectivity index (χ3v) is 3.59. The summed E-state index contributed by atoms with van der Waals surface area (Å²) in [6.45, 7) is 4.74. The van der Waals surface area contributed by atoms with Crippen LogP contribution in [-0.4, -0.2) is 18.8 Å². The molecule has 16 heavy (non-hydrogen) atoms. The van der Waals surface area contributed by atoms with Crippen LogP contribution >= 0.6 is 12.6 Å². The minimum Gasteiger partial charge on any atom is -0.371 e. The molecule has 0 aliphatic carbocycles. The highest BCUT2D eigenvalue weighted by atomic mass is 32.1. The van der Waals surface area contributed by atoms with E-state index >= 15 is 0 Å². The molecule has 88 valence electrons. The largest absolute Gasteiger partial charge is 0.371 e. The second-order valence-corrected chi connectivity index (χ2v) is 5.26. The second kappa shape index (κ2) is 5.62. The minimum atomic E-state index is 0.783. The Morgan fingerprint density at radius 1 is 1.31 bits per heavy atom. The number of rotatable bonds is 4. The molecule has 0 fully saturated rings. The van der Waals surface area contributed by atoms with Gasteiger partial charge in [0.15, 0.2) is 0 Å². The number of hydrogen-bond donors (Lipinski definition) is 1. The van der Waals surface area contributed by atoms with Crippen LogP contribution in [0, 0.1) is 5.92 Å². The molecule has 0 spiro atoms. The van der Waals surface area contributed by atoms with Gasteiger partial charge in [0.05, 0.1) is 0 Å². The van der Waals surface area contributed by atoms with Gasteiger partial charge in [-0.05, 0) is 42.6 Å². The zero-order valence-corrected chi connectivity index (χ0v) is 10.9. The lowest BCUT2D eigenvalue weighted by molar-refractivity contribution is 0.525. The van der Waals surface area contributed by atoms with Crippen molar-refractivity contribution in [2.24, 2.45) is 5.92 Å². The molecule has 1 aliphatic rings. The lowest BCUT2D eigenvalue weighted by Gasteiger charge is -2.34. The quantitative estimate of drug-likeness (QED) is 0.618. The van der Waals surface area contributed by atoms with Crippen LogP contribution in [0.25, 0.3) is 0 Å². The Bertz CT molecular complexity index is 337. The van der Waals surface area contributed by atoms with Crippen molar-refractivity contribution < 1.29 is 0 Å². The van der Waals surface area contributed by atoms with Crippen LogP contribution in [0.5, 0.6) is 0 Å². The van der Waals surface area contributed by atoms with Crippen LogP contribution in [0.1, 0.15) is 25.3 Å². The van der Waals surface area contributed by atoms with Crippen LogP contribution in [0.2, 0.25) is 0 Å². The van der Waals surface area contributed by atoms with Gasteiger partial charge in [-0.2, -0.15) is 12.6 Å². The molecule has 2 heteroatoms. The lowest BCUT2D eigenvalue weighted by Crippen LogP contribution is -2.35. The van der Waals surface area contributed by atoms with Crippen LogP contribution in [0.4, 0.5) is 5.69 Å². The number of para-hydroxylation sites is 1. The molecule has 0 saturated carbocycles. The van der Waals surface area contributed by atoms with E-state index in [9.17, 15) is 0 Å². The summed E-state index contributed by atoms with van der Waals surface area (Å²) in [6.07, 6.45) is 3.71. The van der Waals surface area contributed by atoms with Gasteiger partial charge in [-0.15, -0.1) is 0 Å². The van der Waals surface area contributed by atoms with Crippen molar-refractivity contribution in [3.05, 3.63) is 29.8 Å². The van der Waals surface area contributed by atoms with E-state index in [-0.39, 0.29) is 0 Å². The van der Waals surface area contributed by atoms with Gasteiger partial charge in [0.25, 0.3) is 0 Å². The number of hydrogen-bond acceptors (Lipinski definition) is 2. The van der Waals surface area contributed by atoms with E-state index in [0.717, 1.165) is 11.7 Å². The van der Waals surface area contributed by atoms with E-state index in [1.165, 1.54) is 43.6 Å². The first kappa shape index (κ1) is 11.8. The second-order valence-electron chi connectivity index (χ2n) is 4.81. The number of benzene rings is 1. The zero-order chi connectivity index (χ0) is 11.4. The Kier molecular flexibility index (Phi) is 4.16. The van der Waals surface area contributed by atoms with Gasteiger partial charge >= 0.3 is 0 Å². The van der Waals surface area contributed by atoms with Gasteiger partial charge in [0.1, 0.15) is 0 Å². The Hall–Kier alpha value is -0.630. The fourth-order valence-electron chi connectivity index (χ4n) is 2.53. The molecule has 0 amide bonds. The highest BCUT2D eigenvalue weighted by Crippen LogP contribution is 2.29. The first-order valence-electron chi connectivity index (χ1n) is 6.25. The molecule has 0 N–H and O–H groups in total. The zero-order valence-electron chi connectivity index (χ0n) is 10.0. The molecule has 1 aromatic carbocycles. The molecular formula is C14H21NS. The van der Waals surface area contributed by atoms with Gasteiger partial charge in [0.2, 0.25) is 0 Å². The van der Waals surface area contributed by atoms with Crippen molar-refractivity contribution in [3.8, 4) is 0 Å². The predicted molar refractivity (Wildman–Crippen MR) is 74.6 cm³/mol. The highest BCUT2D eigenvalue weighted by molar-refractivity contribution is 7.80. The van der Waals surface area contributed by atoms with Crippen molar-refractivity contribution in [1.29, 1.82) is 0 Å². The van der Waals surface area contributed by atoms with E-state index < -0.39 is 0 Å². The smallest absolute Gasteiger partial charge is 0.0398 e. The summed E-state index contributed by atoms with van der Waals surface area (Å²) >= 11 is 4.27. The van der Waals surface area contributed by atoms with Crippen molar-refractivity contribution in [2.75, 3.05) is 23.7 Å². The van der Waals surface area contributed by atoms with E-state index in [0.29, 0.717) is 0 Å². The standard InChI is InChI=1S/C14H21NS/c1-12-10-13-6-2-3-7-14(13)15(11-12)8-4-5-9-16/h2-3,6-7,12,16H,4-5,8-11H2,1H3. The van der Waals surface area contributed by atoms with E-state index in [1.807, 2.05) is 0 Å². The predicted octanol–water partition coefficient (Wildman–Crippen LogP) is 3.40. The summed E-state index contributed by atoms with van der Waals surface area (Å²) in [5, 5.41) is 0. The van der Waals surface area contributed by atoms with Crippen molar-refractivity contribution >= 4 is 18.3 Å². The summed E-state index contributed by atoms with van der Waals surface area (Å²) in [5.41, 5.74) is 2.98. The fourth-order valence-corrected chi connectivity index (χ4v) is 2.76. The number of thiol groups is 1. The molecule has 0 aromatic heterocycles. The summed E-state index contributed by atoms with van der Waals surface area (Å²) in [6, 6.07) is 8.85. The first-order valence-corrected chi connectivity index (χ1v) is 6.88. The third-order valence-electron chi connectivity index (χ3n) is 3.27. The third kappa shape index (κ3) is 2.73.